The maximum absolute atomic E-state index is 12.5. The largest absolute Gasteiger partial charge is 0.342 e. The molecule has 19 heavy (non-hydrogen) atoms. The van der Waals surface area contributed by atoms with Crippen LogP contribution in [0.4, 0.5) is 0 Å². The fourth-order valence-corrected chi connectivity index (χ4v) is 3.68. The molecule has 0 bridgehead atoms. The number of amides is 1. The Bertz CT molecular complexity index is 312. The molecule has 1 N–H and O–H groups in total. The number of nitrogens with zero attached hydrogens (tertiary/aromatic N) is 1. The van der Waals surface area contributed by atoms with Crippen LogP contribution in [0.3, 0.4) is 0 Å². The van der Waals surface area contributed by atoms with Crippen LogP contribution in [0.1, 0.15) is 59.3 Å². The first kappa shape index (κ1) is 14.8. The van der Waals surface area contributed by atoms with Gasteiger partial charge in [-0.15, -0.1) is 0 Å². The highest BCUT2D eigenvalue weighted by atomic mass is 16.2. The second-order valence-electron chi connectivity index (χ2n) is 6.66. The van der Waals surface area contributed by atoms with E-state index in [4.69, 9.17) is 0 Å². The van der Waals surface area contributed by atoms with Crippen molar-refractivity contribution >= 4 is 5.91 Å². The molecule has 2 aliphatic rings. The average Bonchev–Trinajstić information content (AvgIpc) is 2.87. The van der Waals surface area contributed by atoms with Crippen molar-refractivity contribution in [1.82, 2.24) is 10.2 Å². The van der Waals surface area contributed by atoms with Gasteiger partial charge in [-0.25, -0.2) is 0 Å². The van der Waals surface area contributed by atoms with Gasteiger partial charge < -0.3 is 10.2 Å². The topological polar surface area (TPSA) is 32.3 Å². The molecular weight excluding hydrogens is 236 g/mol. The van der Waals surface area contributed by atoms with E-state index in [0.29, 0.717) is 29.7 Å². The molecule has 2 unspecified atom stereocenters. The summed E-state index contributed by atoms with van der Waals surface area (Å²) in [6.45, 7) is 9.85. The van der Waals surface area contributed by atoms with Gasteiger partial charge in [0.25, 0.3) is 0 Å². The quantitative estimate of drug-likeness (QED) is 0.848. The lowest BCUT2D eigenvalue weighted by molar-refractivity contribution is -0.131. The van der Waals surface area contributed by atoms with E-state index in [-0.39, 0.29) is 0 Å². The zero-order valence-corrected chi connectivity index (χ0v) is 12.9. The van der Waals surface area contributed by atoms with Crippen LogP contribution >= 0.6 is 0 Å². The van der Waals surface area contributed by atoms with E-state index in [1.165, 1.54) is 32.1 Å². The molecule has 2 heterocycles. The lowest BCUT2D eigenvalue weighted by atomic mass is 9.82. The molecule has 0 spiro atoms. The molecule has 0 aromatic rings. The molecule has 110 valence electrons. The summed E-state index contributed by atoms with van der Waals surface area (Å²) in [6.07, 6.45) is 6.81. The monoisotopic (exact) mass is 266 g/mol. The molecule has 0 aromatic heterocycles. The number of piperidine rings is 1. The van der Waals surface area contributed by atoms with Gasteiger partial charge in [0.2, 0.25) is 5.91 Å². The highest BCUT2D eigenvalue weighted by molar-refractivity contribution is 5.77. The van der Waals surface area contributed by atoms with Crippen LogP contribution in [0.2, 0.25) is 0 Å². The molecule has 2 fully saturated rings. The van der Waals surface area contributed by atoms with Crippen molar-refractivity contribution in [2.75, 3.05) is 19.6 Å². The molecule has 3 heteroatoms. The van der Waals surface area contributed by atoms with Gasteiger partial charge in [0.1, 0.15) is 0 Å². The minimum Gasteiger partial charge on any atom is -0.342 e. The van der Waals surface area contributed by atoms with Gasteiger partial charge in [0.15, 0.2) is 0 Å². The number of hydrogen-bond donors (Lipinski definition) is 1. The summed E-state index contributed by atoms with van der Waals surface area (Å²) in [4.78, 5) is 14.6. The van der Waals surface area contributed by atoms with Gasteiger partial charge in [-0.2, -0.15) is 0 Å². The number of carbonyl (C=O) groups excluding carboxylic acids is 1. The van der Waals surface area contributed by atoms with E-state index < -0.39 is 0 Å². The summed E-state index contributed by atoms with van der Waals surface area (Å²) in [6, 6.07) is 0.402. The maximum atomic E-state index is 12.5. The van der Waals surface area contributed by atoms with Crippen LogP contribution in [0.15, 0.2) is 0 Å². The highest BCUT2D eigenvalue weighted by Gasteiger charge is 2.37. The fourth-order valence-electron chi connectivity index (χ4n) is 3.68. The van der Waals surface area contributed by atoms with Crippen LogP contribution in [-0.2, 0) is 4.79 Å². The van der Waals surface area contributed by atoms with Gasteiger partial charge in [0.05, 0.1) is 0 Å². The summed E-state index contributed by atoms with van der Waals surface area (Å²) in [5, 5.41) is 3.52. The number of nitrogens with one attached hydrogen (secondary N) is 1. The molecule has 2 rings (SSSR count). The molecule has 0 aromatic carbocycles. The standard InChI is InChI=1S/C16H30N2O/c1-4-16(5-2)8-10-18(12-16)15(19)11-14-13(3)7-6-9-17-14/h13-14,17H,4-12H2,1-3H3. The van der Waals surface area contributed by atoms with Gasteiger partial charge in [-0.05, 0) is 50.0 Å². The zero-order valence-electron chi connectivity index (χ0n) is 12.9. The molecule has 0 saturated carbocycles. The Morgan fingerprint density at radius 2 is 2.11 bits per heavy atom. The first-order valence-corrected chi connectivity index (χ1v) is 8.11. The fraction of sp³-hybridized carbons (Fsp3) is 0.938. The van der Waals surface area contributed by atoms with E-state index in [2.05, 4.69) is 31.0 Å². The van der Waals surface area contributed by atoms with Crippen LogP contribution in [0.25, 0.3) is 0 Å². The maximum Gasteiger partial charge on any atom is 0.224 e. The Morgan fingerprint density at radius 3 is 2.68 bits per heavy atom. The van der Waals surface area contributed by atoms with Crippen LogP contribution in [0, 0.1) is 11.3 Å². The number of rotatable bonds is 4. The minimum atomic E-state index is 0.370. The van der Waals surface area contributed by atoms with E-state index in [1.807, 2.05) is 0 Å². The summed E-state index contributed by atoms with van der Waals surface area (Å²) < 4.78 is 0. The molecule has 0 aliphatic carbocycles. The first-order valence-electron chi connectivity index (χ1n) is 8.11. The van der Waals surface area contributed by atoms with Crippen molar-refractivity contribution in [3.8, 4) is 0 Å². The van der Waals surface area contributed by atoms with Gasteiger partial charge in [-0.3, -0.25) is 4.79 Å². The van der Waals surface area contributed by atoms with Gasteiger partial charge >= 0.3 is 0 Å². The third-order valence-electron chi connectivity index (χ3n) is 5.62. The molecule has 2 saturated heterocycles. The van der Waals surface area contributed by atoms with Crippen molar-refractivity contribution in [3.63, 3.8) is 0 Å². The molecular formula is C16H30N2O. The predicted octanol–water partition coefficient (Wildman–Crippen LogP) is 2.80. The summed E-state index contributed by atoms with van der Waals surface area (Å²) in [5.74, 6) is 1.01. The van der Waals surface area contributed by atoms with Gasteiger partial charge in [-0.1, -0.05) is 20.8 Å². The van der Waals surface area contributed by atoms with Crippen molar-refractivity contribution in [1.29, 1.82) is 0 Å². The number of carbonyl (C=O) groups is 1. The zero-order chi connectivity index (χ0) is 13.9. The second kappa shape index (κ2) is 6.25. The Morgan fingerprint density at radius 1 is 1.37 bits per heavy atom. The van der Waals surface area contributed by atoms with Crippen LogP contribution in [0.5, 0.6) is 0 Å². The normalized spacial score (nSPS) is 30.6. The van der Waals surface area contributed by atoms with E-state index in [1.54, 1.807) is 0 Å². The Kier molecular flexibility index (Phi) is 4.88. The van der Waals surface area contributed by atoms with Crippen LogP contribution < -0.4 is 5.32 Å². The number of likely N-dealkylation sites (tertiary alicyclic amines) is 1. The molecule has 0 radical (unpaired) electrons. The Balaban J connectivity index is 1.87. The lowest BCUT2D eigenvalue weighted by Crippen LogP contribution is -2.44. The minimum absolute atomic E-state index is 0.370. The van der Waals surface area contributed by atoms with Crippen molar-refractivity contribution < 1.29 is 4.79 Å². The van der Waals surface area contributed by atoms with Crippen molar-refractivity contribution in [3.05, 3.63) is 0 Å². The number of hydrogen-bond acceptors (Lipinski definition) is 2. The molecule has 2 atom stereocenters. The molecule has 2 aliphatic heterocycles. The Hall–Kier alpha value is -0.570. The van der Waals surface area contributed by atoms with E-state index >= 15 is 0 Å². The van der Waals surface area contributed by atoms with E-state index in [0.717, 1.165) is 19.6 Å². The summed E-state index contributed by atoms with van der Waals surface area (Å²) in [5.41, 5.74) is 0.404. The van der Waals surface area contributed by atoms with Crippen molar-refractivity contribution in [2.24, 2.45) is 11.3 Å². The molecule has 1 amide bonds. The third-order valence-corrected chi connectivity index (χ3v) is 5.62. The average molecular weight is 266 g/mol. The highest BCUT2D eigenvalue weighted by Crippen LogP contribution is 2.37. The molecule has 3 nitrogen and oxygen atoms in total. The predicted molar refractivity (Wildman–Crippen MR) is 79.0 cm³/mol. The van der Waals surface area contributed by atoms with Crippen LogP contribution in [-0.4, -0.2) is 36.5 Å². The van der Waals surface area contributed by atoms with E-state index in [9.17, 15) is 4.79 Å². The Labute approximate surface area is 118 Å². The smallest absolute Gasteiger partial charge is 0.224 e. The first-order chi connectivity index (χ1) is 9.10. The second-order valence-corrected chi connectivity index (χ2v) is 6.66. The SMILES string of the molecule is CCC1(CC)CCN(C(=O)CC2NCCCC2C)C1. The van der Waals surface area contributed by atoms with Gasteiger partial charge in [0, 0.05) is 25.6 Å². The summed E-state index contributed by atoms with van der Waals surface area (Å²) >= 11 is 0. The third kappa shape index (κ3) is 3.31. The lowest BCUT2D eigenvalue weighted by Gasteiger charge is -2.31. The van der Waals surface area contributed by atoms with Crippen molar-refractivity contribution in [2.45, 2.75) is 65.3 Å². The summed E-state index contributed by atoms with van der Waals surface area (Å²) in [7, 11) is 0.